The van der Waals surface area contributed by atoms with E-state index in [-0.39, 0.29) is 11.5 Å². The van der Waals surface area contributed by atoms with Crippen molar-refractivity contribution in [2.24, 2.45) is 5.41 Å². The summed E-state index contributed by atoms with van der Waals surface area (Å²) in [5, 5.41) is 19.7. The maximum atomic E-state index is 12.5. The molecule has 2 N–H and O–H groups in total. The predicted octanol–water partition coefficient (Wildman–Crippen LogP) is 2.05. The molecule has 0 unspecified atom stereocenters. The fourth-order valence-corrected chi connectivity index (χ4v) is 3.52. The zero-order valence-corrected chi connectivity index (χ0v) is 12.4. The number of benzene rings is 1. The van der Waals surface area contributed by atoms with Crippen LogP contribution in [-0.2, 0) is 6.18 Å². The molecule has 1 amide bonds. The number of alkyl halides is 3. The standard InChI is InChI=1S/C16H18F3NO3/c17-16(18,19)11-3-1-10(2-4-11)14(23)20-7-5-15(6-8-20)12(21)9-13(15)22/h1-4,12-13,21-22H,5-9H2/t12-,13+. The van der Waals surface area contributed by atoms with E-state index in [4.69, 9.17) is 0 Å². The average Bonchev–Trinajstić information content (AvgIpc) is 2.54. The van der Waals surface area contributed by atoms with Gasteiger partial charge in [-0.1, -0.05) is 0 Å². The van der Waals surface area contributed by atoms with Crippen molar-refractivity contribution in [1.82, 2.24) is 4.90 Å². The first-order valence-corrected chi connectivity index (χ1v) is 7.57. The SMILES string of the molecule is O=C(c1ccc(C(F)(F)F)cc1)N1CCC2(CC1)[C@H](O)C[C@@H]2O. The van der Waals surface area contributed by atoms with Crippen molar-refractivity contribution in [3.8, 4) is 0 Å². The van der Waals surface area contributed by atoms with Crippen LogP contribution in [0.15, 0.2) is 24.3 Å². The zero-order valence-electron chi connectivity index (χ0n) is 12.4. The lowest BCUT2D eigenvalue weighted by molar-refractivity contribution is -0.187. The number of piperidine rings is 1. The van der Waals surface area contributed by atoms with Crippen LogP contribution in [0.5, 0.6) is 0 Å². The molecule has 1 saturated carbocycles. The number of carbonyl (C=O) groups excluding carboxylic acids is 1. The predicted molar refractivity (Wildman–Crippen MR) is 75.6 cm³/mol. The number of aliphatic hydroxyl groups is 2. The Bertz CT molecular complexity index is 582. The molecule has 2 fully saturated rings. The van der Waals surface area contributed by atoms with Crippen LogP contribution in [0.2, 0.25) is 0 Å². The van der Waals surface area contributed by atoms with Crippen LogP contribution in [0.1, 0.15) is 35.2 Å². The Morgan fingerprint density at radius 3 is 2.04 bits per heavy atom. The summed E-state index contributed by atoms with van der Waals surface area (Å²) in [7, 11) is 0. The summed E-state index contributed by atoms with van der Waals surface area (Å²) in [5.41, 5.74) is -1.09. The first-order valence-electron chi connectivity index (χ1n) is 7.57. The fourth-order valence-electron chi connectivity index (χ4n) is 3.52. The number of hydrogen-bond donors (Lipinski definition) is 2. The summed E-state index contributed by atoms with van der Waals surface area (Å²) in [6, 6.07) is 4.17. The van der Waals surface area contributed by atoms with E-state index >= 15 is 0 Å². The normalized spacial score (nSPS) is 26.9. The molecule has 1 aromatic carbocycles. The van der Waals surface area contributed by atoms with E-state index in [2.05, 4.69) is 0 Å². The van der Waals surface area contributed by atoms with Crippen molar-refractivity contribution in [2.45, 2.75) is 37.6 Å². The molecule has 1 aromatic rings. The molecule has 0 aromatic heterocycles. The molecule has 23 heavy (non-hydrogen) atoms. The molecular formula is C16H18F3NO3. The molecule has 7 heteroatoms. The molecule has 0 radical (unpaired) electrons. The van der Waals surface area contributed by atoms with Gasteiger partial charge in [0.2, 0.25) is 0 Å². The molecule has 1 aliphatic carbocycles. The Hall–Kier alpha value is -1.60. The van der Waals surface area contributed by atoms with Gasteiger partial charge >= 0.3 is 6.18 Å². The van der Waals surface area contributed by atoms with E-state index in [0.29, 0.717) is 32.4 Å². The van der Waals surface area contributed by atoms with Crippen LogP contribution in [0.3, 0.4) is 0 Å². The number of halogens is 3. The molecule has 1 heterocycles. The second kappa shape index (κ2) is 5.49. The minimum absolute atomic E-state index is 0.212. The Balaban J connectivity index is 1.66. The Morgan fingerprint density at radius 2 is 1.61 bits per heavy atom. The highest BCUT2D eigenvalue weighted by Gasteiger charge is 2.55. The van der Waals surface area contributed by atoms with Crippen molar-refractivity contribution in [3.63, 3.8) is 0 Å². The van der Waals surface area contributed by atoms with Crippen molar-refractivity contribution < 1.29 is 28.2 Å². The lowest BCUT2D eigenvalue weighted by Gasteiger charge is -2.55. The summed E-state index contributed by atoms with van der Waals surface area (Å²) >= 11 is 0. The van der Waals surface area contributed by atoms with E-state index in [0.717, 1.165) is 12.1 Å². The van der Waals surface area contributed by atoms with Crippen LogP contribution in [0.25, 0.3) is 0 Å². The molecule has 2 aliphatic rings. The number of amides is 1. The quantitative estimate of drug-likeness (QED) is 0.829. The van der Waals surface area contributed by atoms with Gasteiger partial charge in [-0.25, -0.2) is 0 Å². The van der Waals surface area contributed by atoms with Crippen molar-refractivity contribution >= 4 is 5.91 Å². The minimum Gasteiger partial charge on any atom is -0.392 e. The van der Waals surface area contributed by atoms with Gasteiger partial charge in [0.15, 0.2) is 0 Å². The number of aliphatic hydroxyl groups excluding tert-OH is 2. The van der Waals surface area contributed by atoms with Gasteiger partial charge in [0, 0.05) is 30.5 Å². The third-order valence-corrected chi connectivity index (χ3v) is 5.21. The summed E-state index contributed by atoms with van der Waals surface area (Å²) < 4.78 is 37.6. The van der Waals surface area contributed by atoms with Crippen molar-refractivity contribution in [2.75, 3.05) is 13.1 Å². The molecule has 126 valence electrons. The van der Waals surface area contributed by atoms with Gasteiger partial charge in [-0.15, -0.1) is 0 Å². The van der Waals surface area contributed by atoms with E-state index < -0.39 is 29.4 Å². The Kier molecular flexibility index (Phi) is 3.88. The van der Waals surface area contributed by atoms with E-state index in [1.165, 1.54) is 12.1 Å². The summed E-state index contributed by atoms with van der Waals surface area (Å²) in [4.78, 5) is 13.9. The topological polar surface area (TPSA) is 60.8 Å². The smallest absolute Gasteiger partial charge is 0.392 e. The minimum atomic E-state index is -4.42. The molecule has 1 spiro atoms. The van der Waals surface area contributed by atoms with Crippen molar-refractivity contribution in [1.29, 1.82) is 0 Å². The van der Waals surface area contributed by atoms with E-state index in [9.17, 15) is 28.2 Å². The maximum Gasteiger partial charge on any atom is 0.416 e. The molecule has 0 bridgehead atoms. The third kappa shape index (κ3) is 2.72. The van der Waals surface area contributed by atoms with Gasteiger partial charge in [-0.3, -0.25) is 4.79 Å². The largest absolute Gasteiger partial charge is 0.416 e. The number of hydrogen-bond acceptors (Lipinski definition) is 3. The maximum absolute atomic E-state index is 12.5. The summed E-state index contributed by atoms with van der Waals surface area (Å²) in [6.07, 6.45) is -4.13. The molecule has 4 nitrogen and oxygen atoms in total. The van der Waals surface area contributed by atoms with E-state index in [1.807, 2.05) is 0 Å². The first kappa shape index (κ1) is 16.3. The molecule has 1 saturated heterocycles. The first-order chi connectivity index (χ1) is 10.7. The monoisotopic (exact) mass is 329 g/mol. The fraction of sp³-hybridized carbons (Fsp3) is 0.562. The highest BCUT2D eigenvalue weighted by molar-refractivity contribution is 5.94. The van der Waals surface area contributed by atoms with Crippen LogP contribution in [0.4, 0.5) is 13.2 Å². The molecule has 2 atom stereocenters. The Morgan fingerprint density at radius 1 is 1.09 bits per heavy atom. The van der Waals surface area contributed by atoms with Gasteiger partial charge in [0.25, 0.3) is 5.91 Å². The number of likely N-dealkylation sites (tertiary alicyclic amines) is 1. The van der Waals surface area contributed by atoms with Gasteiger partial charge in [0.05, 0.1) is 17.8 Å². The van der Waals surface area contributed by atoms with Gasteiger partial charge in [0.1, 0.15) is 0 Å². The zero-order chi connectivity index (χ0) is 16.8. The second-order valence-electron chi connectivity index (χ2n) is 6.37. The summed E-state index contributed by atoms with van der Waals surface area (Å²) in [6.45, 7) is 0.766. The summed E-state index contributed by atoms with van der Waals surface area (Å²) in [5.74, 6) is -0.322. The van der Waals surface area contributed by atoms with Crippen molar-refractivity contribution in [3.05, 3.63) is 35.4 Å². The van der Waals surface area contributed by atoms with Crippen LogP contribution >= 0.6 is 0 Å². The highest BCUT2D eigenvalue weighted by Crippen LogP contribution is 2.49. The molecule has 3 rings (SSSR count). The highest BCUT2D eigenvalue weighted by atomic mass is 19.4. The molecule has 1 aliphatic heterocycles. The Labute approximate surface area is 131 Å². The number of rotatable bonds is 1. The number of nitrogens with zero attached hydrogens (tertiary/aromatic N) is 1. The van der Waals surface area contributed by atoms with Gasteiger partial charge in [-0.05, 0) is 37.1 Å². The van der Waals surface area contributed by atoms with E-state index in [1.54, 1.807) is 4.90 Å². The number of carbonyl (C=O) groups is 1. The van der Waals surface area contributed by atoms with Crippen LogP contribution < -0.4 is 0 Å². The van der Waals surface area contributed by atoms with Crippen LogP contribution in [0, 0.1) is 5.41 Å². The average molecular weight is 329 g/mol. The van der Waals surface area contributed by atoms with Gasteiger partial charge < -0.3 is 15.1 Å². The second-order valence-corrected chi connectivity index (χ2v) is 6.37. The third-order valence-electron chi connectivity index (χ3n) is 5.21. The molecular weight excluding hydrogens is 311 g/mol. The van der Waals surface area contributed by atoms with Gasteiger partial charge in [-0.2, -0.15) is 13.2 Å². The lowest BCUT2D eigenvalue weighted by Crippen LogP contribution is -2.61. The lowest BCUT2D eigenvalue weighted by atomic mass is 9.58. The van der Waals surface area contributed by atoms with Crippen LogP contribution in [-0.4, -0.2) is 46.3 Å².